The molecule has 7 nitrogen and oxygen atoms in total. The van der Waals surface area contributed by atoms with Gasteiger partial charge >= 0.3 is 5.97 Å². The fourth-order valence-electron chi connectivity index (χ4n) is 6.56. The Labute approximate surface area is 170 Å². The van der Waals surface area contributed by atoms with E-state index in [1.54, 1.807) is 29.5 Å². The second kappa shape index (κ2) is 6.83. The molecule has 0 spiro atoms. The zero-order chi connectivity index (χ0) is 20.1. The van der Waals surface area contributed by atoms with Gasteiger partial charge in [0.1, 0.15) is 11.7 Å². The van der Waals surface area contributed by atoms with Crippen LogP contribution in [0, 0.1) is 23.2 Å². The van der Waals surface area contributed by atoms with Crippen molar-refractivity contribution in [1.29, 1.82) is 0 Å². The van der Waals surface area contributed by atoms with Crippen LogP contribution in [-0.4, -0.2) is 44.4 Å². The van der Waals surface area contributed by atoms with Crippen molar-refractivity contribution < 1.29 is 14.7 Å². The van der Waals surface area contributed by atoms with Gasteiger partial charge in [-0.1, -0.05) is 0 Å². The molecule has 0 amide bonds. The van der Waals surface area contributed by atoms with Gasteiger partial charge in [-0.25, -0.2) is 0 Å². The van der Waals surface area contributed by atoms with E-state index in [0.717, 1.165) is 23.3 Å². The summed E-state index contributed by atoms with van der Waals surface area (Å²) in [7, 11) is 0. The Hall–Kier alpha value is -2.41. The highest BCUT2D eigenvalue weighted by atomic mass is 16.4. The fourth-order valence-corrected chi connectivity index (χ4v) is 6.56. The highest BCUT2D eigenvalue weighted by molar-refractivity contribution is 5.92. The highest BCUT2D eigenvalue weighted by Gasteiger charge is 2.54. The maximum atomic E-state index is 12.1. The number of hydrogen-bond acceptors (Lipinski definition) is 6. The molecule has 0 saturated heterocycles. The van der Waals surface area contributed by atoms with Gasteiger partial charge in [0, 0.05) is 24.8 Å². The summed E-state index contributed by atoms with van der Waals surface area (Å²) in [5, 5.41) is 13.9. The van der Waals surface area contributed by atoms with Crippen molar-refractivity contribution in [2.75, 3.05) is 6.54 Å². The summed E-state index contributed by atoms with van der Waals surface area (Å²) < 4.78 is 0. The lowest BCUT2D eigenvalue weighted by Crippen LogP contribution is -2.62. The Bertz CT molecular complexity index is 791. The molecule has 5 aliphatic rings. The molecule has 4 saturated carbocycles. The van der Waals surface area contributed by atoms with E-state index in [9.17, 15) is 14.7 Å². The van der Waals surface area contributed by atoms with E-state index < -0.39 is 11.4 Å². The summed E-state index contributed by atoms with van der Waals surface area (Å²) in [6, 6.07) is 3.52. The number of nitrogens with zero attached hydrogens (tertiary/aromatic N) is 3. The molecule has 2 heterocycles. The van der Waals surface area contributed by atoms with Gasteiger partial charge in [-0.2, -0.15) is 0 Å². The molecule has 154 valence electrons. The Morgan fingerprint density at radius 1 is 1.17 bits per heavy atom. The highest BCUT2D eigenvalue weighted by Crippen LogP contribution is 2.57. The number of nitrogens with one attached hydrogen (secondary N) is 1. The van der Waals surface area contributed by atoms with Gasteiger partial charge in [0.2, 0.25) is 0 Å². The van der Waals surface area contributed by atoms with Crippen LogP contribution in [0.15, 0.2) is 36.9 Å². The molecule has 1 atom stereocenters. The maximum absolute atomic E-state index is 12.1. The third-order valence-electron chi connectivity index (χ3n) is 7.52. The van der Waals surface area contributed by atoms with Gasteiger partial charge in [0.25, 0.3) is 0 Å². The zero-order valence-corrected chi connectivity index (χ0v) is 16.5. The van der Waals surface area contributed by atoms with Crippen LogP contribution in [0.2, 0.25) is 0 Å². The first kappa shape index (κ1) is 18.6. The Kier molecular flexibility index (Phi) is 4.38. The number of carboxylic acids is 1. The Morgan fingerprint density at radius 2 is 1.79 bits per heavy atom. The van der Waals surface area contributed by atoms with Crippen LogP contribution in [0.25, 0.3) is 0 Å². The van der Waals surface area contributed by atoms with E-state index in [4.69, 9.17) is 0 Å². The van der Waals surface area contributed by atoms with E-state index in [1.165, 1.54) is 38.5 Å². The van der Waals surface area contributed by atoms with Crippen molar-refractivity contribution in [3.05, 3.63) is 42.5 Å². The lowest BCUT2D eigenvalue weighted by atomic mass is 9.53. The molecular weight excluding hydrogens is 368 g/mol. The predicted octanol–water partition coefficient (Wildman–Crippen LogP) is 2.37. The number of aldehydes is 1. The molecule has 2 N–H and O–H groups in total. The number of pyridine rings is 1. The summed E-state index contributed by atoms with van der Waals surface area (Å²) >= 11 is 0. The quantitative estimate of drug-likeness (QED) is 0.541. The van der Waals surface area contributed by atoms with Gasteiger partial charge in [0.05, 0.1) is 12.1 Å². The Morgan fingerprint density at radius 3 is 2.34 bits per heavy atom. The van der Waals surface area contributed by atoms with E-state index in [0.29, 0.717) is 6.29 Å². The topological polar surface area (TPSA) is 85.8 Å². The molecule has 4 fully saturated rings. The predicted molar refractivity (Wildman–Crippen MR) is 106 cm³/mol. The molecule has 29 heavy (non-hydrogen) atoms. The number of carbonyl (C=O) groups is 2. The molecule has 6 rings (SSSR count). The molecule has 7 heteroatoms. The summed E-state index contributed by atoms with van der Waals surface area (Å²) in [5.41, 5.74) is 2.81. The lowest BCUT2D eigenvalue weighted by Gasteiger charge is -2.59. The van der Waals surface area contributed by atoms with Gasteiger partial charge in [0.15, 0.2) is 0 Å². The first-order chi connectivity index (χ1) is 14.0. The summed E-state index contributed by atoms with van der Waals surface area (Å²) in [5.74, 6) is 1.37. The smallest absolute Gasteiger partial charge is 0.319 e. The number of carboxylic acid groups (broad SMARTS) is 1. The van der Waals surface area contributed by atoms with E-state index in [-0.39, 0.29) is 18.5 Å². The third kappa shape index (κ3) is 3.21. The number of rotatable bonds is 7. The van der Waals surface area contributed by atoms with Gasteiger partial charge in [-0.05, 0) is 80.4 Å². The van der Waals surface area contributed by atoms with Crippen LogP contribution < -0.4 is 5.53 Å². The first-order valence-corrected chi connectivity index (χ1v) is 10.6. The molecule has 1 aliphatic heterocycles. The zero-order valence-electron chi connectivity index (χ0n) is 16.5. The molecular formula is C22H28N4O3. The van der Waals surface area contributed by atoms with Crippen molar-refractivity contribution in [2.45, 2.75) is 50.5 Å². The average Bonchev–Trinajstić information content (AvgIpc) is 3.16. The number of hydrogen-bond donors (Lipinski definition) is 2. The van der Waals surface area contributed by atoms with Gasteiger partial charge < -0.3 is 9.90 Å². The molecule has 4 bridgehead atoms. The molecule has 0 aromatic carbocycles. The third-order valence-corrected chi connectivity index (χ3v) is 7.52. The van der Waals surface area contributed by atoms with Crippen LogP contribution in [0.5, 0.6) is 0 Å². The first-order valence-electron chi connectivity index (χ1n) is 10.6. The second-order valence-electron chi connectivity index (χ2n) is 9.65. The molecule has 1 unspecified atom stereocenters. The molecule has 1 aromatic heterocycles. The van der Waals surface area contributed by atoms with Crippen LogP contribution >= 0.6 is 0 Å². The second-order valence-corrected chi connectivity index (χ2v) is 9.65. The van der Waals surface area contributed by atoms with Crippen molar-refractivity contribution in [3.63, 3.8) is 0 Å². The SMILES string of the molecule is O=CC(Cc1ccncc1)(CN1C=CN(C23CC4CC(CC(C4)C2)C3)N1)C(=O)O. The van der Waals surface area contributed by atoms with Gasteiger partial charge in [-0.3, -0.25) is 19.8 Å². The minimum absolute atomic E-state index is 0.0769. The van der Waals surface area contributed by atoms with Crippen LogP contribution in [-0.2, 0) is 16.0 Å². The van der Waals surface area contributed by atoms with Crippen LogP contribution in [0.4, 0.5) is 0 Å². The summed E-state index contributed by atoms with van der Waals surface area (Å²) in [4.78, 5) is 28.1. The van der Waals surface area contributed by atoms with E-state index >= 15 is 0 Å². The van der Waals surface area contributed by atoms with Crippen molar-refractivity contribution >= 4 is 12.3 Å². The minimum Gasteiger partial charge on any atom is -0.480 e. The van der Waals surface area contributed by atoms with Crippen LogP contribution in [0.1, 0.15) is 44.1 Å². The monoisotopic (exact) mass is 396 g/mol. The standard InChI is InChI=1S/C22H28N4O3/c27-15-21(20(28)29,10-16-1-3-23-4-2-16)14-25-5-6-26(24-25)22-11-17-7-18(12-22)9-19(8-17)13-22/h1-6,15,17-19,24H,7-14H2,(H,28,29). The Balaban J connectivity index is 1.31. The molecule has 4 aliphatic carbocycles. The summed E-state index contributed by atoms with van der Waals surface area (Å²) in [6.45, 7) is 0.0769. The number of aromatic nitrogens is 1. The number of aliphatic carboxylic acids is 1. The average molecular weight is 396 g/mol. The number of carbonyl (C=O) groups excluding carboxylic acids is 1. The van der Waals surface area contributed by atoms with Crippen LogP contribution in [0.3, 0.4) is 0 Å². The number of hydrazine groups is 2. The van der Waals surface area contributed by atoms with Crippen molar-refractivity contribution in [1.82, 2.24) is 20.5 Å². The molecule has 1 aromatic rings. The fraction of sp³-hybridized carbons (Fsp3) is 0.591. The molecule has 0 radical (unpaired) electrons. The minimum atomic E-state index is -1.52. The maximum Gasteiger partial charge on any atom is 0.319 e. The van der Waals surface area contributed by atoms with E-state index in [1.807, 2.05) is 12.4 Å². The van der Waals surface area contributed by atoms with Gasteiger partial charge in [-0.15, -0.1) is 5.53 Å². The van der Waals surface area contributed by atoms with E-state index in [2.05, 4.69) is 15.5 Å². The summed E-state index contributed by atoms with van der Waals surface area (Å²) in [6.07, 6.45) is 15.6. The van der Waals surface area contributed by atoms with Crippen molar-refractivity contribution in [3.8, 4) is 0 Å². The van der Waals surface area contributed by atoms with Crippen molar-refractivity contribution in [2.24, 2.45) is 23.2 Å². The normalized spacial score (nSPS) is 34.4. The lowest BCUT2D eigenvalue weighted by molar-refractivity contribution is -0.154. The largest absolute Gasteiger partial charge is 0.480 e.